The van der Waals surface area contributed by atoms with Crippen LogP contribution in [0.1, 0.15) is 63.4 Å². The van der Waals surface area contributed by atoms with Gasteiger partial charge < -0.3 is 10.2 Å². The largest absolute Gasteiger partial charge is 0.354 e. The molecule has 1 heterocycles. The molecular weight excluding hydrogens is 312 g/mol. The van der Waals surface area contributed by atoms with Crippen molar-refractivity contribution in [1.82, 2.24) is 10.2 Å². The molecule has 2 fully saturated rings. The van der Waals surface area contributed by atoms with Crippen LogP contribution in [-0.4, -0.2) is 29.3 Å². The molecule has 1 atom stereocenters. The maximum Gasteiger partial charge on any atom is 0.242 e. The number of rotatable bonds is 5. The quantitative estimate of drug-likeness (QED) is 0.888. The second-order valence-electron chi connectivity index (χ2n) is 7.52. The first kappa shape index (κ1) is 18.0. The number of carbonyl (C=O) groups is 2. The van der Waals surface area contributed by atoms with Gasteiger partial charge in [0, 0.05) is 19.5 Å². The van der Waals surface area contributed by atoms with Crippen molar-refractivity contribution in [1.29, 1.82) is 0 Å². The molecule has 1 aliphatic carbocycles. The van der Waals surface area contributed by atoms with Crippen LogP contribution in [0.4, 0.5) is 0 Å². The molecule has 136 valence electrons. The van der Waals surface area contributed by atoms with E-state index in [1.165, 1.54) is 32.1 Å². The highest BCUT2D eigenvalue weighted by Gasteiger charge is 2.31. The lowest BCUT2D eigenvalue weighted by molar-refractivity contribution is -0.140. The van der Waals surface area contributed by atoms with Crippen molar-refractivity contribution in [3.05, 3.63) is 35.9 Å². The Morgan fingerprint density at radius 2 is 1.72 bits per heavy atom. The van der Waals surface area contributed by atoms with E-state index in [4.69, 9.17) is 0 Å². The van der Waals surface area contributed by atoms with Crippen LogP contribution >= 0.6 is 0 Å². The van der Waals surface area contributed by atoms with Gasteiger partial charge in [-0.2, -0.15) is 0 Å². The van der Waals surface area contributed by atoms with Gasteiger partial charge in [0.15, 0.2) is 0 Å². The predicted octanol–water partition coefficient (Wildman–Crippen LogP) is 3.65. The van der Waals surface area contributed by atoms with E-state index in [1.54, 1.807) is 4.90 Å². The van der Waals surface area contributed by atoms with Crippen molar-refractivity contribution in [2.24, 2.45) is 5.92 Å². The van der Waals surface area contributed by atoms with Gasteiger partial charge in [-0.25, -0.2) is 0 Å². The monoisotopic (exact) mass is 342 g/mol. The van der Waals surface area contributed by atoms with E-state index in [2.05, 4.69) is 5.32 Å². The number of carbonyl (C=O) groups excluding carboxylic acids is 2. The molecule has 0 aromatic heterocycles. The van der Waals surface area contributed by atoms with Gasteiger partial charge in [0.1, 0.15) is 6.04 Å². The third kappa shape index (κ3) is 5.07. The Morgan fingerprint density at radius 1 is 1.00 bits per heavy atom. The molecule has 1 N–H and O–H groups in total. The number of nitrogens with one attached hydrogen (secondary N) is 1. The van der Waals surface area contributed by atoms with Gasteiger partial charge in [-0.3, -0.25) is 9.59 Å². The van der Waals surface area contributed by atoms with E-state index in [9.17, 15) is 9.59 Å². The zero-order chi connectivity index (χ0) is 17.5. The summed E-state index contributed by atoms with van der Waals surface area (Å²) in [6.07, 6.45) is 9.48. The molecule has 3 rings (SSSR count). The summed E-state index contributed by atoms with van der Waals surface area (Å²) >= 11 is 0. The van der Waals surface area contributed by atoms with Crippen LogP contribution in [0.5, 0.6) is 0 Å². The Morgan fingerprint density at radius 3 is 2.48 bits per heavy atom. The maximum atomic E-state index is 12.8. The van der Waals surface area contributed by atoms with Gasteiger partial charge in [-0.05, 0) is 37.2 Å². The summed E-state index contributed by atoms with van der Waals surface area (Å²) in [5, 5.41) is 3.15. The lowest BCUT2D eigenvalue weighted by Crippen LogP contribution is -2.49. The molecule has 4 nitrogen and oxygen atoms in total. The Kier molecular flexibility index (Phi) is 6.48. The van der Waals surface area contributed by atoms with Gasteiger partial charge in [-0.15, -0.1) is 0 Å². The van der Waals surface area contributed by atoms with E-state index in [-0.39, 0.29) is 17.9 Å². The second kappa shape index (κ2) is 9.02. The molecule has 1 saturated heterocycles. The Balaban J connectivity index is 1.64. The number of hydrogen-bond donors (Lipinski definition) is 1. The minimum Gasteiger partial charge on any atom is -0.354 e. The fraction of sp³-hybridized carbons (Fsp3) is 0.619. The molecule has 1 aliphatic heterocycles. The minimum atomic E-state index is -0.321. The molecule has 0 bridgehead atoms. The van der Waals surface area contributed by atoms with Crippen LogP contribution in [0.15, 0.2) is 30.3 Å². The number of hydrogen-bond acceptors (Lipinski definition) is 2. The molecule has 4 heteroatoms. The molecule has 1 unspecified atom stereocenters. The van der Waals surface area contributed by atoms with Crippen molar-refractivity contribution in [2.45, 2.75) is 70.4 Å². The first-order valence-corrected chi connectivity index (χ1v) is 9.85. The molecule has 2 aliphatic rings. The van der Waals surface area contributed by atoms with Crippen LogP contribution in [0.2, 0.25) is 0 Å². The van der Waals surface area contributed by atoms with Gasteiger partial charge in [0.05, 0.1) is 0 Å². The first-order valence-electron chi connectivity index (χ1n) is 9.85. The maximum absolute atomic E-state index is 12.8. The Hall–Kier alpha value is -1.84. The minimum absolute atomic E-state index is 0.0387. The second-order valence-corrected chi connectivity index (χ2v) is 7.52. The van der Waals surface area contributed by atoms with Crippen LogP contribution < -0.4 is 5.32 Å². The molecule has 25 heavy (non-hydrogen) atoms. The van der Waals surface area contributed by atoms with Gasteiger partial charge >= 0.3 is 0 Å². The van der Waals surface area contributed by atoms with Crippen molar-refractivity contribution in [2.75, 3.05) is 6.54 Å². The molecular formula is C21H30N2O2. The highest BCUT2D eigenvalue weighted by atomic mass is 16.2. The van der Waals surface area contributed by atoms with E-state index in [0.717, 1.165) is 31.4 Å². The number of likely N-dealkylation sites (tertiary alicyclic amines) is 1. The molecule has 0 spiro atoms. The van der Waals surface area contributed by atoms with Crippen LogP contribution in [0.3, 0.4) is 0 Å². The normalized spacial score (nSPS) is 22.5. The van der Waals surface area contributed by atoms with E-state index >= 15 is 0 Å². The topological polar surface area (TPSA) is 49.4 Å². The SMILES string of the molecule is O=C(NCC1CCCCC1)C1CCCCC(=O)N1Cc1ccccc1. The zero-order valence-corrected chi connectivity index (χ0v) is 15.1. The number of nitrogens with zero attached hydrogens (tertiary/aromatic N) is 1. The summed E-state index contributed by atoms with van der Waals surface area (Å²) in [5.41, 5.74) is 1.09. The Labute approximate surface area is 151 Å². The van der Waals surface area contributed by atoms with E-state index in [1.807, 2.05) is 30.3 Å². The standard InChI is InChI=1S/C21H30N2O2/c24-20-14-8-7-13-19(23(20)16-18-11-5-2-6-12-18)21(25)22-15-17-9-3-1-4-10-17/h2,5-6,11-12,17,19H,1,3-4,7-10,13-16H2,(H,22,25). The molecule has 0 radical (unpaired) electrons. The molecule has 1 saturated carbocycles. The van der Waals surface area contributed by atoms with Gasteiger partial charge in [0.25, 0.3) is 0 Å². The summed E-state index contributed by atoms with van der Waals surface area (Å²) in [5.74, 6) is 0.762. The van der Waals surface area contributed by atoms with Crippen LogP contribution in [0.25, 0.3) is 0 Å². The van der Waals surface area contributed by atoms with Gasteiger partial charge in [0.2, 0.25) is 11.8 Å². The molecule has 2 amide bonds. The number of amides is 2. The van der Waals surface area contributed by atoms with Crippen molar-refractivity contribution in [3.8, 4) is 0 Å². The predicted molar refractivity (Wildman–Crippen MR) is 98.8 cm³/mol. The van der Waals surface area contributed by atoms with E-state index < -0.39 is 0 Å². The fourth-order valence-electron chi connectivity index (χ4n) is 4.09. The smallest absolute Gasteiger partial charge is 0.242 e. The average molecular weight is 342 g/mol. The van der Waals surface area contributed by atoms with Crippen molar-refractivity contribution >= 4 is 11.8 Å². The van der Waals surface area contributed by atoms with Crippen molar-refractivity contribution in [3.63, 3.8) is 0 Å². The summed E-state index contributed by atoms with van der Waals surface area (Å²) < 4.78 is 0. The fourth-order valence-corrected chi connectivity index (χ4v) is 4.09. The van der Waals surface area contributed by atoms with Crippen LogP contribution in [-0.2, 0) is 16.1 Å². The summed E-state index contributed by atoms with van der Waals surface area (Å²) in [4.78, 5) is 27.2. The third-order valence-corrected chi connectivity index (χ3v) is 5.60. The lowest BCUT2D eigenvalue weighted by Gasteiger charge is -2.30. The first-order chi connectivity index (χ1) is 12.2. The third-order valence-electron chi connectivity index (χ3n) is 5.60. The van der Waals surface area contributed by atoms with Crippen molar-refractivity contribution < 1.29 is 9.59 Å². The lowest BCUT2D eigenvalue weighted by atomic mass is 9.89. The number of benzene rings is 1. The highest BCUT2D eigenvalue weighted by Crippen LogP contribution is 2.24. The highest BCUT2D eigenvalue weighted by molar-refractivity contribution is 5.88. The zero-order valence-electron chi connectivity index (χ0n) is 15.1. The summed E-state index contributed by atoms with van der Waals surface area (Å²) in [6, 6.07) is 9.66. The van der Waals surface area contributed by atoms with E-state index in [0.29, 0.717) is 18.9 Å². The molecule has 1 aromatic rings. The average Bonchev–Trinajstić information content (AvgIpc) is 2.83. The molecule has 1 aromatic carbocycles. The van der Waals surface area contributed by atoms with Crippen LogP contribution in [0, 0.1) is 5.92 Å². The van der Waals surface area contributed by atoms with Gasteiger partial charge in [-0.1, -0.05) is 56.0 Å². The Bertz CT molecular complexity index is 567. The summed E-state index contributed by atoms with van der Waals surface area (Å²) in [7, 11) is 0. The summed E-state index contributed by atoms with van der Waals surface area (Å²) in [6.45, 7) is 1.30.